The summed E-state index contributed by atoms with van der Waals surface area (Å²) in [6, 6.07) is 18.0. The molecule has 0 aliphatic rings. The second-order valence-corrected chi connectivity index (χ2v) is 14.1. The van der Waals surface area contributed by atoms with E-state index < -0.39 is 44.1 Å². The second kappa shape index (κ2) is 11.1. The first-order chi connectivity index (χ1) is 16.4. The third kappa shape index (κ3) is 7.04. The van der Waals surface area contributed by atoms with Gasteiger partial charge < -0.3 is 4.55 Å². The Labute approximate surface area is 218 Å². The van der Waals surface area contributed by atoms with Gasteiger partial charge in [-0.25, -0.2) is 30.4 Å². The molecular formula is C26H26F5IO3S. The molecular weight excluding hydrogens is 614 g/mol. The molecule has 0 heterocycles. The lowest BCUT2D eigenvalue weighted by molar-refractivity contribution is -0.599. The van der Waals surface area contributed by atoms with Crippen LogP contribution in [0.3, 0.4) is 0 Å². The molecule has 0 aliphatic heterocycles. The third-order valence-electron chi connectivity index (χ3n) is 4.99. The average molecular weight is 640 g/mol. The van der Waals surface area contributed by atoms with Crippen LogP contribution in [0.25, 0.3) is 0 Å². The molecule has 0 radical (unpaired) electrons. The molecule has 0 unspecified atom stereocenters. The highest BCUT2D eigenvalue weighted by atomic mass is 127. The van der Waals surface area contributed by atoms with Crippen LogP contribution < -0.4 is 21.2 Å². The molecule has 196 valence electrons. The fourth-order valence-electron chi connectivity index (χ4n) is 3.22. The van der Waals surface area contributed by atoms with E-state index in [0.29, 0.717) is 0 Å². The zero-order valence-electron chi connectivity index (χ0n) is 20.5. The van der Waals surface area contributed by atoms with Gasteiger partial charge in [0.05, 0.1) is 0 Å². The van der Waals surface area contributed by atoms with Gasteiger partial charge in [0, 0.05) is 11.1 Å². The van der Waals surface area contributed by atoms with Crippen molar-refractivity contribution in [2.24, 2.45) is 0 Å². The number of halogens is 6. The summed E-state index contributed by atoms with van der Waals surface area (Å²) in [4.78, 5) is -2.38. The van der Waals surface area contributed by atoms with Crippen molar-refractivity contribution in [3.8, 4) is 0 Å². The predicted molar refractivity (Wildman–Crippen MR) is 122 cm³/mol. The molecule has 0 aromatic heterocycles. The van der Waals surface area contributed by atoms with E-state index in [1.807, 2.05) is 0 Å². The van der Waals surface area contributed by atoms with Crippen LogP contribution in [0.4, 0.5) is 22.0 Å². The molecule has 0 bridgehead atoms. The van der Waals surface area contributed by atoms with E-state index in [2.05, 4.69) is 90.1 Å². The van der Waals surface area contributed by atoms with Crippen LogP contribution in [0.1, 0.15) is 52.7 Å². The van der Waals surface area contributed by atoms with Gasteiger partial charge in [0.1, 0.15) is 15.0 Å². The summed E-state index contributed by atoms with van der Waals surface area (Å²) in [6.45, 7) is 13.9. The first kappa shape index (κ1) is 30.2. The molecule has 0 N–H and O–H groups in total. The summed E-state index contributed by atoms with van der Waals surface area (Å²) >= 11 is -0.147. The largest absolute Gasteiger partial charge is 0.744 e. The molecule has 10 heteroatoms. The monoisotopic (exact) mass is 640 g/mol. The highest BCUT2D eigenvalue weighted by molar-refractivity contribution is 7.85. The molecule has 0 saturated heterocycles. The zero-order chi connectivity index (χ0) is 27.6. The molecule has 0 aliphatic carbocycles. The minimum Gasteiger partial charge on any atom is -0.744 e. The number of benzene rings is 3. The first-order valence-electron chi connectivity index (χ1n) is 10.7. The van der Waals surface area contributed by atoms with Gasteiger partial charge in [-0.05, 0) is 23.0 Å². The Kier molecular flexibility index (Phi) is 9.34. The SMILES string of the molecule is CC(C)(C)c1ccccc1[I+]c1ccccc1C(C)(C)C.O=S(=O)([O-])c1c(F)c(F)c(F)c(F)c1F. The van der Waals surface area contributed by atoms with Gasteiger partial charge in [-0.2, -0.15) is 0 Å². The van der Waals surface area contributed by atoms with E-state index in [1.54, 1.807) is 7.14 Å². The molecule has 0 spiro atoms. The van der Waals surface area contributed by atoms with Crippen LogP contribution in [0.15, 0.2) is 53.4 Å². The Morgan fingerprint density at radius 3 is 1.22 bits per heavy atom. The summed E-state index contributed by atoms with van der Waals surface area (Å²) in [5.74, 6) is -12.8. The molecule has 0 saturated carbocycles. The van der Waals surface area contributed by atoms with Crippen molar-refractivity contribution in [2.75, 3.05) is 0 Å². The van der Waals surface area contributed by atoms with Crippen LogP contribution in [0.5, 0.6) is 0 Å². The molecule has 36 heavy (non-hydrogen) atoms. The van der Waals surface area contributed by atoms with E-state index in [-0.39, 0.29) is 32.0 Å². The lowest BCUT2D eigenvalue weighted by Crippen LogP contribution is -3.62. The molecule has 0 amide bonds. The van der Waals surface area contributed by atoms with Gasteiger partial charge >= 0.3 is 21.2 Å². The molecule has 0 atom stereocenters. The molecule has 3 rings (SSSR count). The van der Waals surface area contributed by atoms with E-state index >= 15 is 0 Å². The Hall–Kier alpha value is -2.05. The maximum absolute atomic E-state index is 12.6. The summed E-state index contributed by atoms with van der Waals surface area (Å²) in [6.07, 6.45) is 0. The summed E-state index contributed by atoms with van der Waals surface area (Å²) in [5, 5.41) is 0. The fraction of sp³-hybridized carbons (Fsp3) is 0.308. The van der Waals surface area contributed by atoms with Crippen molar-refractivity contribution in [3.63, 3.8) is 0 Å². The van der Waals surface area contributed by atoms with Crippen molar-refractivity contribution in [2.45, 2.75) is 57.3 Å². The molecule has 3 aromatic rings. The van der Waals surface area contributed by atoms with E-state index in [9.17, 15) is 34.9 Å². The van der Waals surface area contributed by atoms with Gasteiger partial charge in [-0.15, -0.1) is 0 Å². The van der Waals surface area contributed by atoms with Gasteiger partial charge in [0.2, 0.25) is 5.82 Å². The summed E-state index contributed by atoms with van der Waals surface area (Å²) in [5.41, 5.74) is 3.43. The van der Waals surface area contributed by atoms with Crippen LogP contribution in [-0.4, -0.2) is 13.0 Å². The van der Waals surface area contributed by atoms with Gasteiger partial charge in [-0.1, -0.05) is 77.9 Å². The Balaban J connectivity index is 0.000000269. The van der Waals surface area contributed by atoms with E-state index in [1.165, 1.54) is 11.1 Å². The van der Waals surface area contributed by atoms with Crippen LogP contribution in [0, 0.1) is 36.2 Å². The minimum atomic E-state index is -5.77. The van der Waals surface area contributed by atoms with Crippen molar-refractivity contribution in [1.82, 2.24) is 0 Å². The van der Waals surface area contributed by atoms with Crippen molar-refractivity contribution < 1.29 is 56.1 Å². The quantitative estimate of drug-likeness (QED) is 0.144. The second-order valence-electron chi connectivity index (χ2n) is 9.91. The highest BCUT2D eigenvalue weighted by Crippen LogP contribution is 2.26. The smallest absolute Gasteiger partial charge is 0.358 e. The first-order valence-corrected chi connectivity index (χ1v) is 14.2. The van der Waals surface area contributed by atoms with E-state index in [0.717, 1.165) is 0 Å². The van der Waals surface area contributed by atoms with E-state index in [4.69, 9.17) is 0 Å². The number of hydrogen-bond donors (Lipinski definition) is 0. The van der Waals surface area contributed by atoms with Crippen molar-refractivity contribution in [1.29, 1.82) is 0 Å². The van der Waals surface area contributed by atoms with Gasteiger partial charge in [0.25, 0.3) is 0 Å². The third-order valence-corrected chi connectivity index (χ3v) is 8.89. The average Bonchev–Trinajstić information content (AvgIpc) is 2.75. The maximum atomic E-state index is 12.6. The Bertz CT molecular complexity index is 1280. The molecule has 3 nitrogen and oxygen atoms in total. The maximum Gasteiger partial charge on any atom is 0.358 e. The Morgan fingerprint density at radius 2 is 0.917 bits per heavy atom. The summed E-state index contributed by atoms with van der Waals surface area (Å²) < 4.78 is 96.0. The standard InChI is InChI=1S/C20H26I.C6HF5O3S/c1-19(2,3)15-11-7-9-13-17(15)21-18-14-10-8-12-16(18)20(4,5)6;7-1-2(8)4(10)6(15(12,13)14)5(11)3(1)9/h7-14H,1-6H3;(H,12,13,14)/q+1;/p-1. The number of rotatable bonds is 3. The zero-order valence-corrected chi connectivity index (χ0v) is 23.5. The van der Waals surface area contributed by atoms with Crippen LogP contribution in [0.2, 0.25) is 0 Å². The topological polar surface area (TPSA) is 57.2 Å². The van der Waals surface area contributed by atoms with Gasteiger partial charge in [0.15, 0.2) is 30.4 Å². The number of hydrogen-bond acceptors (Lipinski definition) is 3. The molecule has 0 fully saturated rings. The predicted octanol–water partition coefficient (Wildman–Crippen LogP) is 3.70. The van der Waals surface area contributed by atoms with Crippen LogP contribution in [-0.2, 0) is 20.9 Å². The molecule has 3 aromatic carbocycles. The lowest BCUT2D eigenvalue weighted by Gasteiger charge is -2.20. The van der Waals surface area contributed by atoms with Crippen LogP contribution >= 0.6 is 0 Å². The highest BCUT2D eigenvalue weighted by Gasteiger charge is 2.31. The minimum absolute atomic E-state index is 0.147. The fourth-order valence-corrected chi connectivity index (χ4v) is 7.80. The van der Waals surface area contributed by atoms with Crippen molar-refractivity contribution in [3.05, 3.63) is 95.9 Å². The Morgan fingerprint density at radius 1 is 0.611 bits per heavy atom. The lowest BCUT2D eigenvalue weighted by atomic mass is 9.87. The summed E-state index contributed by atoms with van der Waals surface area (Å²) in [7, 11) is -5.77. The van der Waals surface area contributed by atoms with Gasteiger partial charge in [-0.3, -0.25) is 0 Å². The van der Waals surface area contributed by atoms with Crippen molar-refractivity contribution >= 4 is 10.1 Å². The normalized spacial score (nSPS) is 12.2.